The average Bonchev–Trinajstić information content (AvgIpc) is 2.94. The highest BCUT2D eigenvalue weighted by atomic mass is 35.5. The maximum Gasteiger partial charge on any atom is 0.235 e. The fourth-order valence-corrected chi connectivity index (χ4v) is 4.96. The van der Waals surface area contributed by atoms with E-state index in [4.69, 9.17) is 26.2 Å². The summed E-state index contributed by atoms with van der Waals surface area (Å²) in [5.41, 5.74) is 3.52. The van der Waals surface area contributed by atoms with Gasteiger partial charge in [-0.15, -0.1) is 11.8 Å². The topological polar surface area (TPSA) is 65.4 Å². The van der Waals surface area contributed by atoms with E-state index in [-0.39, 0.29) is 11.2 Å². The van der Waals surface area contributed by atoms with E-state index < -0.39 is 0 Å². The molecule has 30 heavy (non-hydrogen) atoms. The molecule has 0 spiro atoms. The number of nitrogens with zero attached hydrogens (tertiary/aromatic N) is 2. The van der Waals surface area contributed by atoms with E-state index in [9.17, 15) is 4.79 Å². The molecule has 1 atom stereocenters. The number of hydrogen-bond donors (Lipinski definition) is 1. The first-order valence-electron chi connectivity index (χ1n) is 9.60. The number of aryl methyl sites for hydroxylation is 1. The minimum absolute atomic E-state index is 0.0742. The van der Waals surface area contributed by atoms with E-state index in [1.165, 1.54) is 0 Å². The lowest BCUT2D eigenvalue weighted by molar-refractivity contribution is -0.113. The van der Waals surface area contributed by atoms with Crippen molar-refractivity contribution in [2.24, 2.45) is 0 Å². The average molecular weight is 444 g/mol. The molecule has 1 aliphatic rings. The van der Waals surface area contributed by atoms with Gasteiger partial charge in [0, 0.05) is 5.56 Å². The number of rotatable bonds is 5. The van der Waals surface area contributed by atoms with Crippen LogP contribution in [0.15, 0.2) is 42.5 Å². The summed E-state index contributed by atoms with van der Waals surface area (Å²) in [5.74, 6) is 2.26. The number of amides is 1. The quantitative estimate of drug-likeness (QED) is 0.600. The van der Waals surface area contributed by atoms with E-state index in [0.717, 1.165) is 22.5 Å². The number of ether oxygens (including phenoxy) is 2. The molecule has 1 N–H and O–H groups in total. The molecule has 0 aliphatic carbocycles. The zero-order valence-corrected chi connectivity index (χ0v) is 18.5. The van der Waals surface area contributed by atoms with Crippen molar-refractivity contribution in [3.05, 3.63) is 64.3 Å². The molecule has 156 valence electrons. The zero-order chi connectivity index (χ0) is 21.3. The second-order valence-electron chi connectivity index (χ2n) is 6.79. The molecule has 0 radical (unpaired) electrons. The fourth-order valence-electron chi connectivity index (χ4n) is 3.57. The number of hydrogen-bond acceptors (Lipinski definition) is 5. The highest BCUT2D eigenvalue weighted by Gasteiger charge is 2.31. The summed E-state index contributed by atoms with van der Waals surface area (Å²) in [6, 6.07) is 13.3. The van der Waals surface area contributed by atoms with Crippen LogP contribution in [-0.2, 0) is 4.79 Å². The fraction of sp³-hybridized carbons (Fsp3) is 0.273. The summed E-state index contributed by atoms with van der Waals surface area (Å²) in [6.07, 6.45) is 0. The lowest BCUT2D eigenvalue weighted by Crippen LogP contribution is -2.16. The van der Waals surface area contributed by atoms with Gasteiger partial charge in [0.2, 0.25) is 5.91 Å². The Morgan fingerprint density at radius 3 is 2.80 bits per heavy atom. The van der Waals surface area contributed by atoms with Gasteiger partial charge in [-0.1, -0.05) is 29.8 Å². The Morgan fingerprint density at radius 2 is 2.07 bits per heavy atom. The normalized spacial score (nSPS) is 15.9. The lowest BCUT2D eigenvalue weighted by atomic mass is 10.0. The summed E-state index contributed by atoms with van der Waals surface area (Å²) in [4.78, 5) is 12.5. The smallest absolute Gasteiger partial charge is 0.235 e. The minimum atomic E-state index is -0.0974. The van der Waals surface area contributed by atoms with Crippen molar-refractivity contribution >= 4 is 35.1 Å². The Morgan fingerprint density at radius 1 is 1.27 bits per heavy atom. The number of nitrogens with one attached hydrogen (secondary N) is 1. The van der Waals surface area contributed by atoms with Gasteiger partial charge in [-0.25, -0.2) is 4.68 Å². The first-order chi connectivity index (χ1) is 14.5. The minimum Gasteiger partial charge on any atom is -0.493 e. The van der Waals surface area contributed by atoms with Gasteiger partial charge in [0.05, 0.1) is 41.1 Å². The number of methoxy groups -OCH3 is 1. The second kappa shape index (κ2) is 8.62. The van der Waals surface area contributed by atoms with Crippen molar-refractivity contribution in [2.45, 2.75) is 19.1 Å². The van der Waals surface area contributed by atoms with Crippen molar-refractivity contribution in [1.82, 2.24) is 9.78 Å². The van der Waals surface area contributed by atoms with Gasteiger partial charge in [0.25, 0.3) is 0 Å². The van der Waals surface area contributed by atoms with Crippen LogP contribution in [0.4, 0.5) is 5.82 Å². The van der Waals surface area contributed by atoms with Crippen LogP contribution >= 0.6 is 23.4 Å². The van der Waals surface area contributed by atoms with Gasteiger partial charge in [0.15, 0.2) is 11.5 Å². The molecular weight excluding hydrogens is 422 g/mol. The molecule has 0 saturated carbocycles. The number of benzene rings is 2. The molecule has 0 fully saturated rings. The van der Waals surface area contributed by atoms with Gasteiger partial charge >= 0.3 is 0 Å². The maximum atomic E-state index is 12.5. The summed E-state index contributed by atoms with van der Waals surface area (Å²) in [5, 5.41) is 8.20. The standard InChI is InChI=1S/C22H22ClN3O3S/c1-4-29-17-10-9-14(11-18(17)28-3)21-20-13(2)25-26(16-8-6-5-7-15(16)23)22(20)24-19(27)12-30-21/h5-11,21H,4,12H2,1-3H3,(H,24,27)/t21-/m1/s1. The highest BCUT2D eigenvalue weighted by molar-refractivity contribution is 8.00. The number of thioether (sulfide) groups is 1. The van der Waals surface area contributed by atoms with Crippen molar-refractivity contribution in [3.8, 4) is 17.2 Å². The van der Waals surface area contributed by atoms with Crippen molar-refractivity contribution in [1.29, 1.82) is 0 Å². The summed E-state index contributed by atoms with van der Waals surface area (Å²) in [6.45, 7) is 4.44. The third-order valence-corrected chi connectivity index (χ3v) is 6.47. The van der Waals surface area contributed by atoms with E-state index in [2.05, 4.69) is 5.32 Å². The molecule has 0 unspecified atom stereocenters. The predicted molar refractivity (Wildman–Crippen MR) is 120 cm³/mol. The Labute approximate surface area is 184 Å². The predicted octanol–water partition coefficient (Wildman–Crippen LogP) is 5.02. The van der Waals surface area contributed by atoms with Crippen LogP contribution < -0.4 is 14.8 Å². The Hall–Kier alpha value is -2.64. The van der Waals surface area contributed by atoms with Gasteiger partial charge in [0.1, 0.15) is 5.82 Å². The third-order valence-electron chi connectivity index (χ3n) is 4.88. The van der Waals surface area contributed by atoms with E-state index >= 15 is 0 Å². The van der Waals surface area contributed by atoms with Crippen LogP contribution in [0.2, 0.25) is 5.02 Å². The summed E-state index contributed by atoms with van der Waals surface area (Å²) >= 11 is 7.98. The van der Waals surface area contributed by atoms with Crippen LogP contribution in [0.25, 0.3) is 5.69 Å². The van der Waals surface area contributed by atoms with Gasteiger partial charge in [-0.2, -0.15) is 5.10 Å². The first kappa shape index (κ1) is 20.6. The number of anilines is 1. The van der Waals surface area contributed by atoms with Crippen LogP contribution in [0, 0.1) is 6.92 Å². The zero-order valence-electron chi connectivity index (χ0n) is 16.9. The molecule has 2 heterocycles. The summed E-state index contributed by atoms with van der Waals surface area (Å²) < 4.78 is 12.9. The Bertz CT molecular complexity index is 1100. The van der Waals surface area contributed by atoms with Crippen molar-refractivity contribution in [3.63, 3.8) is 0 Å². The number of carbonyl (C=O) groups excluding carboxylic acids is 1. The monoisotopic (exact) mass is 443 g/mol. The van der Waals surface area contributed by atoms with Gasteiger partial charge < -0.3 is 14.8 Å². The van der Waals surface area contributed by atoms with E-state index in [0.29, 0.717) is 34.7 Å². The number of aromatic nitrogens is 2. The maximum absolute atomic E-state index is 12.5. The van der Waals surface area contributed by atoms with Crippen molar-refractivity contribution in [2.75, 3.05) is 24.8 Å². The molecular formula is C22H22ClN3O3S. The van der Waals surface area contributed by atoms with Crippen LogP contribution in [0.3, 0.4) is 0 Å². The molecule has 0 bridgehead atoms. The Kier molecular flexibility index (Phi) is 5.92. The molecule has 1 aliphatic heterocycles. The number of halogens is 1. The highest BCUT2D eigenvalue weighted by Crippen LogP contribution is 2.46. The molecule has 1 amide bonds. The van der Waals surface area contributed by atoms with Crippen molar-refractivity contribution < 1.29 is 14.3 Å². The van der Waals surface area contributed by atoms with Crippen LogP contribution in [0.5, 0.6) is 11.5 Å². The molecule has 0 saturated heterocycles. The molecule has 4 rings (SSSR count). The van der Waals surface area contributed by atoms with E-state index in [1.54, 1.807) is 23.6 Å². The largest absolute Gasteiger partial charge is 0.493 e. The van der Waals surface area contributed by atoms with Crippen LogP contribution in [-0.4, -0.2) is 35.2 Å². The van der Waals surface area contributed by atoms with Gasteiger partial charge in [-0.05, 0) is 43.7 Å². The Balaban J connectivity index is 1.86. The number of fused-ring (bicyclic) bond motifs is 1. The lowest BCUT2D eigenvalue weighted by Gasteiger charge is -2.18. The van der Waals surface area contributed by atoms with Crippen LogP contribution in [0.1, 0.15) is 29.0 Å². The third kappa shape index (κ3) is 3.75. The summed E-state index contributed by atoms with van der Waals surface area (Å²) in [7, 11) is 1.62. The number of para-hydroxylation sites is 1. The molecule has 3 aromatic rings. The SMILES string of the molecule is CCOc1ccc([C@H]2SCC(=O)Nc3c2c(C)nn3-c2ccccc2Cl)cc1OC. The van der Waals surface area contributed by atoms with Gasteiger partial charge in [-0.3, -0.25) is 4.79 Å². The van der Waals surface area contributed by atoms with E-state index in [1.807, 2.05) is 56.3 Å². The number of carbonyl (C=O) groups is 1. The molecule has 8 heteroatoms. The molecule has 6 nitrogen and oxygen atoms in total. The molecule has 2 aromatic carbocycles. The second-order valence-corrected chi connectivity index (χ2v) is 8.29. The first-order valence-corrected chi connectivity index (χ1v) is 11.0. The molecule has 1 aromatic heterocycles.